The maximum absolute atomic E-state index is 11.8. The first-order chi connectivity index (χ1) is 9.64. The molecule has 1 spiro atoms. The Morgan fingerprint density at radius 1 is 1.30 bits per heavy atom. The Labute approximate surface area is 120 Å². The van der Waals surface area contributed by atoms with E-state index in [-0.39, 0.29) is 16.8 Å². The van der Waals surface area contributed by atoms with Crippen molar-refractivity contribution in [3.05, 3.63) is 30.1 Å². The minimum absolute atomic E-state index is 0.00518. The summed E-state index contributed by atoms with van der Waals surface area (Å²) in [6.45, 7) is 2.45. The molecule has 0 radical (unpaired) electrons. The van der Waals surface area contributed by atoms with Crippen LogP contribution in [-0.4, -0.2) is 23.0 Å². The summed E-state index contributed by atoms with van der Waals surface area (Å²) >= 11 is 0. The molecule has 3 nitrogen and oxygen atoms in total. The zero-order valence-corrected chi connectivity index (χ0v) is 12.2. The van der Waals surface area contributed by atoms with E-state index < -0.39 is 0 Å². The molecule has 1 aromatic rings. The number of rotatable bonds is 3. The van der Waals surface area contributed by atoms with Crippen LogP contribution in [0, 0.1) is 0 Å². The summed E-state index contributed by atoms with van der Waals surface area (Å²) in [6.07, 6.45) is 9.07. The lowest BCUT2D eigenvalue weighted by atomic mass is 9.67. The van der Waals surface area contributed by atoms with Gasteiger partial charge in [-0.05, 0) is 44.7 Å². The van der Waals surface area contributed by atoms with Crippen molar-refractivity contribution in [2.75, 3.05) is 6.61 Å². The Balaban J connectivity index is 1.95. The molecule has 1 aliphatic carbocycles. The van der Waals surface area contributed by atoms with Crippen molar-refractivity contribution < 1.29 is 9.53 Å². The van der Waals surface area contributed by atoms with Crippen molar-refractivity contribution in [3.63, 3.8) is 0 Å². The largest absolute Gasteiger partial charge is 0.375 e. The lowest BCUT2D eigenvalue weighted by Gasteiger charge is -2.46. The van der Waals surface area contributed by atoms with Gasteiger partial charge in [-0.3, -0.25) is 9.78 Å². The fourth-order valence-corrected chi connectivity index (χ4v) is 4.17. The monoisotopic (exact) mass is 273 g/mol. The summed E-state index contributed by atoms with van der Waals surface area (Å²) in [7, 11) is 0. The van der Waals surface area contributed by atoms with Crippen molar-refractivity contribution in [2.45, 2.75) is 62.9 Å². The second-order valence-electron chi connectivity index (χ2n) is 6.54. The van der Waals surface area contributed by atoms with Crippen LogP contribution in [0.15, 0.2) is 24.4 Å². The third kappa shape index (κ3) is 2.51. The van der Waals surface area contributed by atoms with Crippen molar-refractivity contribution in [2.24, 2.45) is 0 Å². The van der Waals surface area contributed by atoms with E-state index in [2.05, 4.69) is 11.1 Å². The molecular formula is C17H23NO2. The van der Waals surface area contributed by atoms with Gasteiger partial charge in [-0.1, -0.05) is 18.9 Å². The molecule has 1 aliphatic heterocycles. The van der Waals surface area contributed by atoms with E-state index in [0.29, 0.717) is 6.42 Å². The van der Waals surface area contributed by atoms with E-state index in [9.17, 15) is 4.79 Å². The first-order valence-corrected chi connectivity index (χ1v) is 7.69. The number of hydrogen-bond acceptors (Lipinski definition) is 3. The number of carbonyl (C=O) groups is 1. The molecule has 1 aromatic heterocycles. The zero-order chi connectivity index (χ0) is 14.1. The second kappa shape index (κ2) is 5.28. The van der Waals surface area contributed by atoms with Crippen LogP contribution in [0.1, 0.15) is 57.6 Å². The van der Waals surface area contributed by atoms with Gasteiger partial charge in [-0.25, -0.2) is 0 Å². The Morgan fingerprint density at radius 2 is 2.10 bits per heavy atom. The molecule has 3 rings (SSSR count). The molecule has 1 saturated carbocycles. The summed E-state index contributed by atoms with van der Waals surface area (Å²) in [5, 5.41) is 0. The highest BCUT2D eigenvalue weighted by Gasteiger charge is 2.48. The highest BCUT2D eigenvalue weighted by atomic mass is 16.5. The lowest BCUT2D eigenvalue weighted by molar-refractivity contribution is -0.126. The van der Waals surface area contributed by atoms with Crippen LogP contribution in [0.5, 0.6) is 0 Å². The molecule has 0 amide bonds. The Hall–Kier alpha value is -1.22. The number of carbonyl (C=O) groups excluding carboxylic acids is 1. The van der Waals surface area contributed by atoms with Crippen LogP contribution in [-0.2, 0) is 14.9 Å². The van der Waals surface area contributed by atoms with E-state index in [4.69, 9.17) is 4.74 Å². The smallest absolute Gasteiger partial charge is 0.130 e. The number of hydrogen-bond donors (Lipinski definition) is 0. The Bertz CT molecular complexity index is 479. The molecule has 0 aromatic carbocycles. The minimum atomic E-state index is -0.115. The van der Waals surface area contributed by atoms with Gasteiger partial charge in [0.15, 0.2) is 0 Å². The number of pyridine rings is 1. The molecule has 2 fully saturated rings. The molecule has 1 atom stereocenters. The topological polar surface area (TPSA) is 39.2 Å². The summed E-state index contributed by atoms with van der Waals surface area (Å²) < 4.78 is 6.15. The number of ketones is 1. The normalized spacial score (nSPS) is 28.6. The standard InChI is InChI=1S/C17H23NO2/c1-14(19)12-16(15-6-2-5-10-18-15)9-11-20-17(13-16)7-3-4-8-17/h2,5-6,10H,3-4,7-9,11-13H2,1H3. The van der Waals surface area contributed by atoms with Crippen LogP contribution in [0.4, 0.5) is 0 Å². The highest BCUT2D eigenvalue weighted by Crippen LogP contribution is 2.49. The maximum atomic E-state index is 11.8. The predicted octanol–water partition coefficient (Wildman–Crippen LogP) is 3.42. The van der Waals surface area contributed by atoms with E-state index in [1.165, 1.54) is 12.8 Å². The molecule has 1 unspecified atom stereocenters. The molecule has 0 N–H and O–H groups in total. The molecule has 108 valence electrons. The van der Waals surface area contributed by atoms with Gasteiger partial charge in [0.05, 0.1) is 5.60 Å². The predicted molar refractivity (Wildman–Crippen MR) is 77.6 cm³/mol. The van der Waals surface area contributed by atoms with Gasteiger partial charge in [0.2, 0.25) is 0 Å². The summed E-state index contributed by atoms with van der Waals surface area (Å²) in [6, 6.07) is 6.05. The third-order valence-electron chi connectivity index (χ3n) is 4.96. The van der Waals surface area contributed by atoms with Crippen molar-refractivity contribution >= 4 is 5.78 Å². The fraction of sp³-hybridized carbons (Fsp3) is 0.647. The third-order valence-corrected chi connectivity index (χ3v) is 4.96. The van der Waals surface area contributed by atoms with Crippen LogP contribution < -0.4 is 0 Å². The second-order valence-corrected chi connectivity index (χ2v) is 6.54. The fourth-order valence-electron chi connectivity index (χ4n) is 4.17. The van der Waals surface area contributed by atoms with E-state index in [1.807, 2.05) is 18.3 Å². The van der Waals surface area contributed by atoms with Gasteiger partial charge >= 0.3 is 0 Å². The van der Waals surface area contributed by atoms with Crippen molar-refractivity contribution in [1.82, 2.24) is 4.98 Å². The van der Waals surface area contributed by atoms with Gasteiger partial charge < -0.3 is 4.74 Å². The van der Waals surface area contributed by atoms with Gasteiger partial charge in [0.25, 0.3) is 0 Å². The first-order valence-electron chi connectivity index (χ1n) is 7.69. The van der Waals surface area contributed by atoms with Gasteiger partial charge in [0.1, 0.15) is 5.78 Å². The number of ether oxygens (including phenoxy) is 1. The van der Waals surface area contributed by atoms with Crippen LogP contribution >= 0.6 is 0 Å². The van der Waals surface area contributed by atoms with Crippen LogP contribution in [0.2, 0.25) is 0 Å². The number of Topliss-reactive ketones (excluding diaryl/α,β-unsaturated/α-hetero) is 1. The maximum Gasteiger partial charge on any atom is 0.130 e. The SMILES string of the molecule is CC(=O)CC1(c2ccccn2)CCOC2(CCCC2)C1. The van der Waals surface area contributed by atoms with Gasteiger partial charge in [-0.2, -0.15) is 0 Å². The molecule has 3 heteroatoms. The first kappa shape index (κ1) is 13.7. The summed E-state index contributed by atoms with van der Waals surface area (Å²) in [5.74, 6) is 0.255. The van der Waals surface area contributed by atoms with E-state index >= 15 is 0 Å². The average molecular weight is 273 g/mol. The summed E-state index contributed by atoms with van der Waals surface area (Å²) in [4.78, 5) is 16.4. The van der Waals surface area contributed by atoms with Gasteiger partial charge in [0, 0.05) is 30.3 Å². The van der Waals surface area contributed by atoms with E-state index in [1.54, 1.807) is 6.92 Å². The van der Waals surface area contributed by atoms with Crippen molar-refractivity contribution in [3.8, 4) is 0 Å². The van der Waals surface area contributed by atoms with Crippen LogP contribution in [0.3, 0.4) is 0 Å². The van der Waals surface area contributed by atoms with Crippen molar-refractivity contribution in [1.29, 1.82) is 0 Å². The minimum Gasteiger partial charge on any atom is -0.375 e. The van der Waals surface area contributed by atoms with E-state index in [0.717, 1.165) is 38.0 Å². The zero-order valence-electron chi connectivity index (χ0n) is 12.2. The van der Waals surface area contributed by atoms with Crippen LogP contribution in [0.25, 0.3) is 0 Å². The molecule has 2 heterocycles. The molecular weight excluding hydrogens is 250 g/mol. The summed E-state index contributed by atoms with van der Waals surface area (Å²) in [5.41, 5.74) is 0.964. The Morgan fingerprint density at radius 3 is 2.75 bits per heavy atom. The molecule has 2 aliphatic rings. The average Bonchev–Trinajstić information content (AvgIpc) is 2.87. The number of aromatic nitrogens is 1. The van der Waals surface area contributed by atoms with Gasteiger partial charge in [-0.15, -0.1) is 0 Å². The molecule has 1 saturated heterocycles. The highest BCUT2D eigenvalue weighted by molar-refractivity contribution is 5.77. The quantitative estimate of drug-likeness (QED) is 0.847. The Kier molecular flexibility index (Phi) is 3.63. The molecule has 20 heavy (non-hydrogen) atoms. The molecule has 0 bridgehead atoms. The lowest BCUT2D eigenvalue weighted by Crippen LogP contribution is -2.47. The number of nitrogens with zero attached hydrogens (tertiary/aromatic N) is 1.